The number of nitrogens with one attached hydrogen (secondary N) is 1. The van der Waals surface area contributed by atoms with E-state index in [2.05, 4.69) is 31.1 Å². The van der Waals surface area contributed by atoms with E-state index in [-0.39, 0.29) is 11.2 Å². The van der Waals surface area contributed by atoms with Crippen LogP contribution in [-0.4, -0.2) is 4.98 Å². The van der Waals surface area contributed by atoms with Crippen LogP contribution in [0.2, 0.25) is 0 Å². The SMILES string of the molecule is Cc1c(F)cccc1NCc1cnc(C(C)(C)C)s1. The minimum Gasteiger partial charge on any atom is -0.380 e. The van der Waals surface area contributed by atoms with Gasteiger partial charge in [-0.1, -0.05) is 26.8 Å². The number of thiazole rings is 1. The predicted octanol–water partition coefficient (Wildman–Crippen LogP) is 4.50. The van der Waals surface area contributed by atoms with Crippen LogP contribution in [0.1, 0.15) is 36.2 Å². The van der Waals surface area contributed by atoms with Crippen LogP contribution in [0, 0.1) is 12.7 Å². The Morgan fingerprint density at radius 3 is 2.68 bits per heavy atom. The van der Waals surface area contributed by atoms with E-state index in [9.17, 15) is 4.39 Å². The van der Waals surface area contributed by atoms with E-state index >= 15 is 0 Å². The third-order valence-corrected chi connectivity index (χ3v) is 4.34. The van der Waals surface area contributed by atoms with Gasteiger partial charge in [-0.25, -0.2) is 9.37 Å². The molecule has 0 saturated carbocycles. The monoisotopic (exact) mass is 278 g/mol. The van der Waals surface area contributed by atoms with Crippen LogP contribution in [0.3, 0.4) is 0 Å². The molecule has 0 spiro atoms. The minimum absolute atomic E-state index is 0.0810. The fraction of sp³-hybridized carbons (Fsp3) is 0.400. The van der Waals surface area contributed by atoms with Gasteiger partial charge in [0.15, 0.2) is 0 Å². The maximum atomic E-state index is 13.4. The molecule has 0 aliphatic heterocycles. The van der Waals surface area contributed by atoms with Crippen molar-refractivity contribution in [3.8, 4) is 0 Å². The van der Waals surface area contributed by atoms with Gasteiger partial charge in [-0.3, -0.25) is 0 Å². The molecule has 1 aromatic carbocycles. The molecule has 0 bridgehead atoms. The molecule has 1 aromatic heterocycles. The summed E-state index contributed by atoms with van der Waals surface area (Å²) in [5.74, 6) is -0.176. The van der Waals surface area contributed by atoms with Crippen LogP contribution in [-0.2, 0) is 12.0 Å². The smallest absolute Gasteiger partial charge is 0.128 e. The number of anilines is 1. The van der Waals surface area contributed by atoms with Crippen LogP contribution in [0.15, 0.2) is 24.4 Å². The lowest BCUT2D eigenvalue weighted by Gasteiger charge is -2.13. The minimum atomic E-state index is -0.176. The van der Waals surface area contributed by atoms with Gasteiger partial charge in [0.1, 0.15) is 5.82 Å². The standard InChI is InChI=1S/C15H19FN2S/c1-10-12(16)6-5-7-13(10)17-8-11-9-18-14(19-11)15(2,3)4/h5-7,9,17H,8H2,1-4H3. The van der Waals surface area contributed by atoms with Crippen LogP contribution in [0.5, 0.6) is 0 Å². The number of hydrogen-bond donors (Lipinski definition) is 1. The number of halogens is 1. The summed E-state index contributed by atoms with van der Waals surface area (Å²) in [4.78, 5) is 5.60. The molecule has 0 radical (unpaired) electrons. The van der Waals surface area contributed by atoms with Crippen LogP contribution in [0.4, 0.5) is 10.1 Å². The van der Waals surface area contributed by atoms with E-state index in [4.69, 9.17) is 0 Å². The first-order valence-electron chi connectivity index (χ1n) is 6.32. The molecule has 0 aliphatic rings. The van der Waals surface area contributed by atoms with E-state index in [0.717, 1.165) is 15.6 Å². The quantitative estimate of drug-likeness (QED) is 0.894. The van der Waals surface area contributed by atoms with Crippen LogP contribution in [0.25, 0.3) is 0 Å². The Morgan fingerprint density at radius 2 is 2.05 bits per heavy atom. The van der Waals surface area contributed by atoms with Gasteiger partial charge in [0, 0.05) is 27.7 Å². The fourth-order valence-electron chi connectivity index (χ4n) is 1.72. The first kappa shape index (κ1) is 14.0. The molecular weight excluding hydrogens is 259 g/mol. The van der Waals surface area contributed by atoms with Gasteiger partial charge < -0.3 is 5.32 Å². The summed E-state index contributed by atoms with van der Waals surface area (Å²) in [7, 11) is 0. The lowest BCUT2D eigenvalue weighted by atomic mass is 9.98. The van der Waals surface area contributed by atoms with Gasteiger partial charge in [-0.05, 0) is 19.1 Å². The zero-order valence-electron chi connectivity index (χ0n) is 11.7. The van der Waals surface area contributed by atoms with Gasteiger partial charge >= 0.3 is 0 Å². The summed E-state index contributed by atoms with van der Waals surface area (Å²) >= 11 is 1.70. The van der Waals surface area contributed by atoms with Gasteiger partial charge in [0.25, 0.3) is 0 Å². The van der Waals surface area contributed by atoms with Crippen molar-refractivity contribution in [2.45, 2.75) is 39.7 Å². The first-order valence-corrected chi connectivity index (χ1v) is 7.14. The molecule has 0 amide bonds. The zero-order chi connectivity index (χ0) is 14.0. The Labute approximate surface area is 117 Å². The van der Waals surface area contributed by atoms with E-state index in [1.807, 2.05) is 12.3 Å². The van der Waals surface area contributed by atoms with Crippen molar-refractivity contribution in [3.05, 3.63) is 45.7 Å². The van der Waals surface area contributed by atoms with Gasteiger partial charge in [0.2, 0.25) is 0 Å². The number of nitrogens with zero attached hydrogens (tertiary/aromatic N) is 1. The second kappa shape index (κ2) is 5.29. The number of hydrogen-bond acceptors (Lipinski definition) is 3. The highest BCUT2D eigenvalue weighted by molar-refractivity contribution is 7.11. The molecule has 1 heterocycles. The average molecular weight is 278 g/mol. The van der Waals surface area contributed by atoms with Crippen molar-refractivity contribution in [1.29, 1.82) is 0 Å². The Kier molecular flexibility index (Phi) is 3.90. The summed E-state index contributed by atoms with van der Waals surface area (Å²) in [6.45, 7) is 8.92. The van der Waals surface area contributed by atoms with Crippen molar-refractivity contribution in [2.75, 3.05) is 5.32 Å². The molecule has 0 aliphatic carbocycles. The summed E-state index contributed by atoms with van der Waals surface area (Å²) in [5, 5.41) is 4.39. The van der Waals surface area contributed by atoms with E-state index in [1.165, 1.54) is 6.07 Å². The molecule has 0 fully saturated rings. The second-order valence-corrected chi connectivity index (χ2v) is 6.76. The first-order chi connectivity index (χ1) is 8.88. The lowest BCUT2D eigenvalue weighted by Crippen LogP contribution is -2.09. The maximum absolute atomic E-state index is 13.4. The Hall–Kier alpha value is -1.42. The molecule has 0 saturated heterocycles. The third kappa shape index (κ3) is 3.32. The molecule has 102 valence electrons. The largest absolute Gasteiger partial charge is 0.380 e. The molecule has 2 aromatic rings. The predicted molar refractivity (Wildman–Crippen MR) is 79.3 cm³/mol. The van der Waals surface area contributed by atoms with Gasteiger partial charge in [-0.2, -0.15) is 0 Å². The molecule has 19 heavy (non-hydrogen) atoms. The van der Waals surface area contributed by atoms with Crippen molar-refractivity contribution >= 4 is 17.0 Å². The Balaban J connectivity index is 2.07. The molecule has 2 nitrogen and oxygen atoms in total. The van der Waals surface area contributed by atoms with Crippen molar-refractivity contribution in [2.24, 2.45) is 0 Å². The third-order valence-electron chi connectivity index (χ3n) is 2.92. The second-order valence-electron chi connectivity index (χ2n) is 5.65. The summed E-state index contributed by atoms with van der Waals surface area (Å²) < 4.78 is 13.4. The topological polar surface area (TPSA) is 24.9 Å². The average Bonchev–Trinajstić information content (AvgIpc) is 2.79. The molecule has 0 unspecified atom stereocenters. The molecule has 4 heteroatoms. The van der Waals surface area contributed by atoms with Gasteiger partial charge in [-0.15, -0.1) is 11.3 Å². The van der Waals surface area contributed by atoms with Crippen molar-refractivity contribution in [3.63, 3.8) is 0 Å². The van der Waals surface area contributed by atoms with Crippen LogP contribution >= 0.6 is 11.3 Å². The zero-order valence-corrected chi connectivity index (χ0v) is 12.6. The molecule has 1 N–H and O–H groups in total. The molecular formula is C15H19FN2S. The Morgan fingerprint density at radius 1 is 1.32 bits per heavy atom. The summed E-state index contributed by atoms with van der Waals surface area (Å²) in [6.07, 6.45) is 1.90. The number of benzene rings is 1. The highest BCUT2D eigenvalue weighted by Gasteiger charge is 2.17. The number of rotatable bonds is 3. The van der Waals surface area contributed by atoms with Crippen molar-refractivity contribution < 1.29 is 4.39 Å². The number of aromatic nitrogens is 1. The normalized spacial score (nSPS) is 11.6. The summed E-state index contributed by atoms with van der Waals surface area (Å²) in [5.41, 5.74) is 1.58. The van der Waals surface area contributed by atoms with Crippen molar-refractivity contribution in [1.82, 2.24) is 4.98 Å². The van der Waals surface area contributed by atoms with E-state index in [1.54, 1.807) is 24.3 Å². The van der Waals surface area contributed by atoms with E-state index in [0.29, 0.717) is 12.1 Å². The summed E-state index contributed by atoms with van der Waals surface area (Å²) in [6, 6.07) is 5.09. The van der Waals surface area contributed by atoms with Crippen LogP contribution < -0.4 is 5.32 Å². The maximum Gasteiger partial charge on any atom is 0.128 e. The molecule has 2 rings (SSSR count). The highest BCUT2D eigenvalue weighted by atomic mass is 32.1. The highest BCUT2D eigenvalue weighted by Crippen LogP contribution is 2.27. The molecule has 0 atom stereocenters. The lowest BCUT2D eigenvalue weighted by molar-refractivity contribution is 0.585. The fourth-order valence-corrected chi connectivity index (χ4v) is 2.63. The Bertz CT molecular complexity index is 570. The van der Waals surface area contributed by atoms with Gasteiger partial charge in [0.05, 0.1) is 11.6 Å². The van der Waals surface area contributed by atoms with E-state index < -0.39 is 0 Å².